The van der Waals surface area contributed by atoms with Crippen molar-refractivity contribution in [1.82, 2.24) is 4.90 Å². The summed E-state index contributed by atoms with van der Waals surface area (Å²) in [4.78, 5) is 2.49. The summed E-state index contributed by atoms with van der Waals surface area (Å²) < 4.78 is 17.8. The van der Waals surface area contributed by atoms with Crippen LogP contribution in [0, 0.1) is 0 Å². The fourth-order valence-electron chi connectivity index (χ4n) is 4.10. The Morgan fingerprint density at radius 3 is 2.06 bits per heavy atom. The van der Waals surface area contributed by atoms with E-state index in [9.17, 15) is 0 Å². The second-order valence-corrected chi connectivity index (χ2v) is 8.01. The maximum absolute atomic E-state index is 6.37. The maximum Gasteiger partial charge on any atom is 0.118 e. The van der Waals surface area contributed by atoms with Gasteiger partial charge in [-0.15, -0.1) is 0 Å². The quantitative estimate of drug-likeness (QED) is 0.461. The summed E-state index contributed by atoms with van der Waals surface area (Å²) in [6.07, 6.45) is 1.18. The van der Waals surface area contributed by atoms with Gasteiger partial charge in [-0.2, -0.15) is 0 Å². The Morgan fingerprint density at radius 2 is 1.42 bits per heavy atom. The highest BCUT2D eigenvalue weighted by Gasteiger charge is 2.35. The third-order valence-electron chi connectivity index (χ3n) is 5.85. The lowest BCUT2D eigenvalue weighted by Gasteiger charge is -2.28. The predicted octanol–water partition coefficient (Wildman–Crippen LogP) is 5.07. The minimum Gasteiger partial charge on any atom is -0.497 e. The first kappa shape index (κ1) is 21.6. The lowest BCUT2D eigenvalue weighted by atomic mass is 10.1. The van der Waals surface area contributed by atoms with Gasteiger partial charge in [0.05, 0.1) is 39.1 Å². The standard InChI is InChI=1S/C27H31NO3/c1-29-25-14-12-22(13-15-25)18-28-17-16-27(31-20-24-10-6-3-7-11-24)26(28)21-30-19-23-8-4-2-5-9-23/h2-15,26-27H,16-21H2,1H3/t26-,27+/m1/s1. The molecule has 1 aliphatic heterocycles. The molecule has 2 atom stereocenters. The van der Waals surface area contributed by atoms with Crippen LogP contribution in [0.3, 0.4) is 0 Å². The van der Waals surface area contributed by atoms with Gasteiger partial charge in [-0.25, -0.2) is 0 Å². The Labute approximate surface area is 185 Å². The van der Waals surface area contributed by atoms with E-state index < -0.39 is 0 Å². The van der Waals surface area contributed by atoms with E-state index in [1.165, 1.54) is 16.7 Å². The summed E-state index contributed by atoms with van der Waals surface area (Å²) in [5, 5.41) is 0. The van der Waals surface area contributed by atoms with Crippen LogP contribution in [0.15, 0.2) is 84.9 Å². The molecule has 4 nitrogen and oxygen atoms in total. The molecule has 1 aliphatic rings. The van der Waals surface area contributed by atoms with E-state index >= 15 is 0 Å². The van der Waals surface area contributed by atoms with Crippen LogP contribution in [-0.4, -0.2) is 37.3 Å². The van der Waals surface area contributed by atoms with E-state index in [0.717, 1.165) is 25.3 Å². The van der Waals surface area contributed by atoms with Crippen molar-refractivity contribution in [2.45, 2.75) is 38.3 Å². The van der Waals surface area contributed by atoms with Crippen LogP contribution < -0.4 is 4.74 Å². The van der Waals surface area contributed by atoms with E-state index in [-0.39, 0.29) is 12.1 Å². The maximum atomic E-state index is 6.37. The number of ether oxygens (including phenoxy) is 3. The van der Waals surface area contributed by atoms with E-state index in [1.54, 1.807) is 7.11 Å². The number of hydrogen-bond acceptors (Lipinski definition) is 4. The summed E-state index contributed by atoms with van der Waals surface area (Å²) in [7, 11) is 1.70. The van der Waals surface area contributed by atoms with Gasteiger partial charge >= 0.3 is 0 Å². The lowest BCUT2D eigenvalue weighted by molar-refractivity contribution is -0.0236. The van der Waals surface area contributed by atoms with Crippen LogP contribution in [-0.2, 0) is 29.2 Å². The molecule has 0 spiro atoms. The first-order valence-electron chi connectivity index (χ1n) is 11.0. The highest BCUT2D eigenvalue weighted by Crippen LogP contribution is 2.25. The summed E-state index contributed by atoms with van der Waals surface area (Å²) in [5.41, 5.74) is 3.68. The fraction of sp³-hybridized carbons (Fsp3) is 0.333. The van der Waals surface area contributed by atoms with Gasteiger partial charge < -0.3 is 14.2 Å². The highest BCUT2D eigenvalue weighted by molar-refractivity contribution is 5.27. The average molecular weight is 418 g/mol. The zero-order valence-electron chi connectivity index (χ0n) is 18.2. The molecule has 4 heteroatoms. The van der Waals surface area contributed by atoms with Gasteiger partial charge in [-0.1, -0.05) is 72.8 Å². The topological polar surface area (TPSA) is 30.9 Å². The molecular formula is C27H31NO3. The van der Waals surface area contributed by atoms with Crippen LogP contribution in [0.2, 0.25) is 0 Å². The smallest absolute Gasteiger partial charge is 0.118 e. The first-order valence-corrected chi connectivity index (χ1v) is 11.0. The molecule has 0 aromatic heterocycles. The molecule has 1 saturated heterocycles. The molecule has 0 amide bonds. The van der Waals surface area contributed by atoms with Gasteiger partial charge in [0.1, 0.15) is 5.75 Å². The van der Waals surface area contributed by atoms with Crippen molar-refractivity contribution in [2.75, 3.05) is 20.3 Å². The third-order valence-corrected chi connectivity index (χ3v) is 5.85. The highest BCUT2D eigenvalue weighted by atomic mass is 16.5. The molecule has 0 unspecified atom stereocenters. The van der Waals surface area contributed by atoms with E-state index in [2.05, 4.69) is 65.6 Å². The molecule has 4 rings (SSSR count). The molecule has 3 aromatic carbocycles. The van der Waals surface area contributed by atoms with Gasteiger partial charge in [0.15, 0.2) is 0 Å². The molecule has 0 radical (unpaired) electrons. The van der Waals surface area contributed by atoms with Gasteiger partial charge in [0.25, 0.3) is 0 Å². The van der Waals surface area contributed by atoms with Crippen molar-refractivity contribution in [3.8, 4) is 5.75 Å². The van der Waals surface area contributed by atoms with Gasteiger partial charge in [-0.3, -0.25) is 4.90 Å². The van der Waals surface area contributed by atoms with E-state index in [0.29, 0.717) is 19.8 Å². The molecule has 31 heavy (non-hydrogen) atoms. The molecule has 3 aromatic rings. The van der Waals surface area contributed by atoms with Gasteiger partial charge in [-0.05, 0) is 35.2 Å². The minimum absolute atomic E-state index is 0.161. The Balaban J connectivity index is 1.39. The van der Waals surface area contributed by atoms with Gasteiger partial charge in [0.2, 0.25) is 0 Å². The van der Waals surface area contributed by atoms with Crippen LogP contribution in [0.1, 0.15) is 23.1 Å². The second-order valence-electron chi connectivity index (χ2n) is 8.01. The molecule has 0 N–H and O–H groups in total. The Hall–Kier alpha value is -2.66. The van der Waals surface area contributed by atoms with Crippen molar-refractivity contribution in [3.05, 3.63) is 102 Å². The molecule has 0 bridgehead atoms. The van der Waals surface area contributed by atoms with Gasteiger partial charge in [0, 0.05) is 13.1 Å². The zero-order valence-corrected chi connectivity index (χ0v) is 18.2. The summed E-state index contributed by atoms with van der Waals surface area (Å²) in [6, 6.07) is 29.3. The Kier molecular flexibility index (Phi) is 7.72. The van der Waals surface area contributed by atoms with Crippen molar-refractivity contribution < 1.29 is 14.2 Å². The largest absolute Gasteiger partial charge is 0.497 e. The zero-order chi connectivity index (χ0) is 21.3. The van der Waals surface area contributed by atoms with Crippen LogP contribution in [0.4, 0.5) is 0 Å². The average Bonchev–Trinajstić information content (AvgIpc) is 3.21. The molecular weight excluding hydrogens is 386 g/mol. The van der Waals surface area contributed by atoms with Crippen molar-refractivity contribution in [1.29, 1.82) is 0 Å². The summed E-state index contributed by atoms with van der Waals surface area (Å²) in [5.74, 6) is 0.886. The number of methoxy groups -OCH3 is 1. The number of likely N-dealkylation sites (tertiary alicyclic amines) is 1. The van der Waals surface area contributed by atoms with Crippen LogP contribution >= 0.6 is 0 Å². The molecule has 1 heterocycles. The number of nitrogens with zero attached hydrogens (tertiary/aromatic N) is 1. The number of benzene rings is 3. The SMILES string of the molecule is COc1ccc(CN2CC[C@H](OCc3ccccc3)[C@H]2COCc2ccccc2)cc1. The molecule has 0 saturated carbocycles. The second kappa shape index (κ2) is 11.1. The summed E-state index contributed by atoms with van der Waals surface area (Å²) >= 11 is 0. The van der Waals surface area contributed by atoms with Crippen molar-refractivity contribution in [2.24, 2.45) is 0 Å². The molecule has 162 valence electrons. The van der Waals surface area contributed by atoms with Crippen molar-refractivity contribution >= 4 is 0 Å². The van der Waals surface area contributed by atoms with Crippen LogP contribution in [0.25, 0.3) is 0 Å². The predicted molar refractivity (Wildman–Crippen MR) is 123 cm³/mol. The first-order chi connectivity index (χ1) is 15.3. The molecule has 1 fully saturated rings. The van der Waals surface area contributed by atoms with Crippen LogP contribution in [0.5, 0.6) is 5.75 Å². The van der Waals surface area contributed by atoms with E-state index in [1.807, 2.05) is 24.3 Å². The Bertz CT molecular complexity index is 899. The lowest BCUT2D eigenvalue weighted by Crippen LogP contribution is -2.39. The number of hydrogen-bond donors (Lipinski definition) is 0. The molecule has 0 aliphatic carbocycles. The fourth-order valence-corrected chi connectivity index (χ4v) is 4.10. The summed E-state index contributed by atoms with van der Waals surface area (Å²) in [6.45, 7) is 3.81. The number of rotatable bonds is 10. The Morgan fingerprint density at radius 1 is 0.774 bits per heavy atom. The van der Waals surface area contributed by atoms with Crippen molar-refractivity contribution in [3.63, 3.8) is 0 Å². The van der Waals surface area contributed by atoms with E-state index in [4.69, 9.17) is 14.2 Å². The minimum atomic E-state index is 0.161. The normalized spacial score (nSPS) is 18.9. The third kappa shape index (κ3) is 6.17. The monoisotopic (exact) mass is 417 g/mol.